The van der Waals surface area contributed by atoms with E-state index in [4.69, 9.17) is 4.74 Å². The van der Waals surface area contributed by atoms with Gasteiger partial charge in [0.05, 0.1) is 12.8 Å². The van der Waals surface area contributed by atoms with Crippen LogP contribution in [0, 0.1) is 0 Å². The molecule has 0 aromatic carbocycles. The van der Waals surface area contributed by atoms with Crippen molar-refractivity contribution in [2.75, 3.05) is 14.2 Å². The number of likely N-dealkylation sites (N-methyl/N-ethyl adjacent to an activating group) is 1. The van der Waals surface area contributed by atoms with Gasteiger partial charge < -0.3 is 10.1 Å². The van der Waals surface area contributed by atoms with Gasteiger partial charge in [0.1, 0.15) is 0 Å². The number of hydrogen-bond donors (Lipinski definition) is 1. The zero-order valence-corrected chi connectivity index (χ0v) is 13.2. The molecule has 0 radical (unpaired) electrons. The van der Waals surface area contributed by atoms with Gasteiger partial charge in [-0.05, 0) is 38.9 Å². The Hall–Kier alpha value is -1.88. The Kier molecular flexibility index (Phi) is 5.33. The zero-order chi connectivity index (χ0) is 15.2. The molecular formula is C16H24N4O. The van der Waals surface area contributed by atoms with Crippen LogP contribution < -0.4 is 10.1 Å². The van der Waals surface area contributed by atoms with Gasteiger partial charge in [0.25, 0.3) is 0 Å². The molecule has 0 saturated carbocycles. The molecule has 0 bridgehead atoms. The summed E-state index contributed by atoms with van der Waals surface area (Å²) in [5.41, 5.74) is 2.31. The highest BCUT2D eigenvalue weighted by molar-refractivity contribution is 5.19. The third-order valence-corrected chi connectivity index (χ3v) is 3.55. The highest BCUT2D eigenvalue weighted by atomic mass is 16.5. The van der Waals surface area contributed by atoms with E-state index < -0.39 is 0 Å². The van der Waals surface area contributed by atoms with Crippen LogP contribution in [0.1, 0.15) is 31.1 Å². The van der Waals surface area contributed by atoms with Gasteiger partial charge >= 0.3 is 0 Å². The fourth-order valence-electron chi connectivity index (χ4n) is 2.24. The maximum atomic E-state index is 5.08. The second-order valence-corrected chi connectivity index (χ2v) is 5.48. The van der Waals surface area contributed by atoms with Crippen molar-refractivity contribution in [3.8, 4) is 5.88 Å². The first-order valence-corrected chi connectivity index (χ1v) is 7.32. The lowest BCUT2D eigenvalue weighted by molar-refractivity contribution is 0.397. The molecule has 0 saturated heterocycles. The third-order valence-electron chi connectivity index (χ3n) is 3.55. The average Bonchev–Trinajstić information content (AvgIpc) is 2.96. The van der Waals surface area contributed by atoms with Crippen molar-refractivity contribution < 1.29 is 4.74 Å². The van der Waals surface area contributed by atoms with Crippen LogP contribution in [-0.4, -0.2) is 35.0 Å². The Balaban J connectivity index is 1.98. The first-order chi connectivity index (χ1) is 10.1. The monoisotopic (exact) mass is 288 g/mol. The molecule has 1 N–H and O–H groups in total. The predicted octanol–water partition coefficient (Wildman–Crippen LogP) is 2.24. The van der Waals surface area contributed by atoms with Crippen LogP contribution in [0.25, 0.3) is 0 Å². The van der Waals surface area contributed by atoms with E-state index in [9.17, 15) is 0 Å². The van der Waals surface area contributed by atoms with E-state index in [1.165, 1.54) is 5.56 Å². The van der Waals surface area contributed by atoms with E-state index in [1.54, 1.807) is 7.11 Å². The van der Waals surface area contributed by atoms with Crippen LogP contribution in [0.15, 0.2) is 30.6 Å². The minimum atomic E-state index is 0.343. The van der Waals surface area contributed by atoms with E-state index in [-0.39, 0.29) is 0 Å². The number of nitrogens with zero attached hydrogens (tertiary/aromatic N) is 3. The fourth-order valence-corrected chi connectivity index (χ4v) is 2.24. The summed E-state index contributed by atoms with van der Waals surface area (Å²) in [6.45, 7) is 4.27. The molecular weight excluding hydrogens is 264 g/mol. The first-order valence-electron chi connectivity index (χ1n) is 7.32. The van der Waals surface area contributed by atoms with Crippen molar-refractivity contribution in [1.82, 2.24) is 20.1 Å². The molecule has 1 atom stereocenters. The molecule has 0 spiro atoms. The number of hydrogen-bond acceptors (Lipinski definition) is 4. The van der Waals surface area contributed by atoms with Gasteiger partial charge in [-0.15, -0.1) is 0 Å². The molecule has 1 unspecified atom stereocenters. The Labute approximate surface area is 126 Å². The van der Waals surface area contributed by atoms with E-state index >= 15 is 0 Å². The number of aromatic nitrogens is 3. The van der Waals surface area contributed by atoms with Crippen molar-refractivity contribution in [3.63, 3.8) is 0 Å². The number of nitrogens with one attached hydrogen (secondary N) is 1. The van der Waals surface area contributed by atoms with E-state index in [1.807, 2.05) is 30.2 Å². The lowest BCUT2D eigenvalue weighted by Crippen LogP contribution is -2.30. The molecule has 2 heterocycles. The summed E-state index contributed by atoms with van der Waals surface area (Å²) in [6, 6.07) is 6.79. The van der Waals surface area contributed by atoms with Gasteiger partial charge in [0.2, 0.25) is 5.88 Å². The fraction of sp³-hybridized carbons (Fsp3) is 0.500. The molecule has 2 aromatic heterocycles. The molecule has 2 aromatic rings. The van der Waals surface area contributed by atoms with Crippen molar-refractivity contribution in [2.45, 2.75) is 38.8 Å². The average molecular weight is 288 g/mol. The maximum Gasteiger partial charge on any atom is 0.212 e. The molecule has 21 heavy (non-hydrogen) atoms. The van der Waals surface area contributed by atoms with Gasteiger partial charge in [0.15, 0.2) is 0 Å². The lowest BCUT2D eigenvalue weighted by Gasteiger charge is -2.15. The molecule has 0 fully saturated rings. The topological polar surface area (TPSA) is 52.0 Å². The van der Waals surface area contributed by atoms with Crippen molar-refractivity contribution in [1.29, 1.82) is 0 Å². The number of rotatable bonds is 7. The Morgan fingerprint density at radius 2 is 2.05 bits per heavy atom. The molecule has 0 aliphatic carbocycles. The maximum absolute atomic E-state index is 5.08. The summed E-state index contributed by atoms with van der Waals surface area (Å²) < 4.78 is 7.08. The Bertz CT molecular complexity index is 548. The summed E-state index contributed by atoms with van der Waals surface area (Å²) in [6.07, 6.45) is 5.74. The van der Waals surface area contributed by atoms with Crippen molar-refractivity contribution in [3.05, 3.63) is 41.9 Å². The summed E-state index contributed by atoms with van der Waals surface area (Å²) in [5, 5.41) is 7.97. The summed E-state index contributed by atoms with van der Waals surface area (Å²) in [7, 11) is 3.62. The highest BCUT2D eigenvalue weighted by Gasteiger charge is 2.11. The van der Waals surface area contributed by atoms with Crippen LogP contribution in [-0.2, 0) is 12.8 Å². The standard InChI is InChI=1S/C16H24N4O/c1-12(2)20-8-7-14(19-20)10-15(17-3)9-13-5-6-16(21-4)18-11-13/h5-8,11-12,15,17H,9-10H2,1-4H3. The Morgan fingerprint density at radius 1 is 1.24 bits per heavy atom. The highest BCUT2D eigenvalue weighted by Crippen LogP contribution is 2.12. The van der Waals surface area contributed by atoms with Crippen LogP contribution in [0.2, 0.25) is 0 Å². The van der Waals surface area contributed by atoms with Gasteiger partial charge in [-0.3, -0.25) is 4.68 Å². The van der Waals surface area contributed by atoms with Crippen molar-refractivity contribution in [2.24, 2.45) is 0 Å². The number of pyridine rings is 1. The molecule has 5 nitrogen and oxygen atoms in total. The van der Waals surface area contributed by atoms with Gasteiger partial charge in [-0.25, -0.2) is 4.98 Å². The largest absolute Gasteiger partial charge is 0.481 e. The molecule has 114 valence electrons. The van der Waals surface area contributed by atoms with E-state index in [0.717, 1.165) is 18.5 Å². The van der Waals surface area contributed by atoms with Gasteiger partial charge in [-0.2, -0.15) is 5.10 Å². The van der Waals surface area contributed by atoms with Crippen LogP contribution in [0.5, 0.6) is 5.88 Å². The second kappa shape index (κ2) is 7.22. The van der Waals surface area contributed by atoms with Gasteiger partial charge in [-0.1, -0.05) is 6.07 Å². The second-order valence-electron chi connectivity index (χ2n) is 5.48. The van der Waals surface area contributed by atoms with E-state index in [0.29, 0.717) is 18.0 Å². The molecule has 0 aliphatic rings. The Morgan fingerprint density at radius 3 is 2.57 bits per heavy atom. The summed E-state index contributed by atoms with van der Waals surface area (Å²) >= 11 is 0. The lowest BCUT2D eigenvalue weighted by atomic mass is 10.0. The van der Waals surface area contributed by atoms with Crippen molar-refractivity contribution >= 4 is 0 Å². The molecule has 0 amide bonds. The van der Waals surface area contributed by atoms with Crippen LogP contribution in [0.4, 0.5) is 0 Å². The first kappa shape index (κ1) is 15.5. The van der Waals surface area contributed by atoms with E-state index in [2.05, 4.69) is 41.4 Å². The molecule has 0 aliphatic heterocycles. The summed E-state index contributed by atoms with van der Waals surface area (Å²) in [5.74, 6) is 0.649. The summed E-state index contributed by atoms with van der Waals surface area (Å²) in [4.78, 5) is 4.25. The molecule has 5 heteroatoms. The van der Waals surface area contributed by atoms with Crippen LogP contribution in [0.3, 0.4) is 0 Å². The number of ether oxygens (including phenoxy) is 1. The predicted molar refractivity (Wildman–Crippen MR) is 83.7 cm³/mol. The molecule has 2 rings (SSSR count). The smallest absolute Gasteiger partial charge is 0.212 e. The zero-order valence-electron chi connectivity index (χ0n) is 13.2. The van der Waals surface area contributed by atoms with Crippen LogP contribution >= 0.6 is 0 Å². The minimum Gasteiger partial charge on any atom is -0.481 e. The quantitative estimate of drug-likeness (QED) is 0.849. The third kappa shape index (κ3) is 4.29. The number of methoxy groups -OCH3 is 1. The SMILES string of the molecule is CNC(Cc1ccc(OC)nc1)Cc1ccn(C(C)C)n1. The minimum absolute atomic E-state index is 0.343. The normalized spacial score (nSPS) is 12.6. The van der Waals surface area contributed by atoms with Gasteiger partial charge in [0, 0.05) is 37.0 Å².